The second kappa shape index (κ2) is 6.72. The molecular formula is C15H23N3O2. The maximum absolute atomic E-state index is 12.1. The molecule has 2 N–H and O–H groups in total. The molecule has 5 heteroatoms. The Bertz CT molecular complexity index is 454. The number of para-hydroxylation sites is 1. The number of benzene rings is 1. The highest BCUT2D eigenvalue weighted by atomic mass is 16.5. The zero-order chi connectivity index (χ0) is 14.5. The van der Waals surface area contributed by atoms with Crippen LogP contribution in [0.2, 0.25) is 0 Å². The summed E-state index contributed by atoms with van der Waals surface area (Å²) in [5, 5.41) is 0. The van der Waals surface area contributed by atoms with Crippen molar-refractivity contribution in [3.63, 3.8) is 0 Å². The first-order chi connectivity index (χ1) is 9.58. The minimum absolute atomic E-state index is 0.0394. The average Bonchev–Trinajstić information content (AvgIpc) is 2.45. The average molecular weight is 277 g/mol. The summed E-state index contributed by atoms with van der Waals surface area (Å²) in [7, 11) is 2.07. The third-order valence-corrected chi connectivity index (χ3v) is 3.62. The number of piperazine rings is 1. The van der Waals surface area contributed by atoms with Crippen LogP contribution in [0.25, 0.3) is 0 Å². The van der Waals surface area contributed by atoms with Crippen molar-refractivity contribution in [1.29, 1.82) is 0 Å². The van der Waals surface area contributed by atoms with E-state index < -0.39 is 0 Å². The molecule has 1 amide bonds. The van der Waals surface area contributed by atoms with Gasteiger partial charge in [0.05, 0.1) is 0 Å². The van der Waals surface area contributed by atoms with Gasteiger partial charge in [-0.25, -0.2) is 0 Å². The van der Waals surface area contributed by atoms with Crippen LogP contribution in [-0.4, -0.2) is 55.5 Å². The summed E-state index contributed by atoms with van der Waals surface area (Å²) >= 11 is 0. The number of nitrogens with two attached hydrogens (primary N) is 1. The molecule has 0 aromatic heterocycles. The van der Waals surface area contributed by atoms with Crippen LogP contribution in [0.1, 0.15) is 18.5 Å². The topological polar surface area (TPSA) is 58.8 Å². The Morgan fingerprint density at radius 1 is 1.30 bits per heavy atom. The van der Waals surface area contributed by atoms with Crippen LogP contribution in [0, 0.1) is 0 Å². The summed E-state index contributed by atoms with van der Waals surface area (Å²) in [4.78, 5) is 16.2. The number of likely N-dealkylation sites (N-methyl/N-ethyl adjacent to an activating group) is 1. The predicted octanol–water partition coefficient (Wildman–Crippen LogP) is 0.859. The fourth-order valence-electron chi connectivity index (χ4n) is 2.27. The fourth-order valence-corrected chi connectivity index (χ4v) is 2.27. The van der Waals surface area contributed by atoms with Crippen LogP contribution in [-0.2, 0) is 4.79 Å². The molecular weight excluding hydrogens is 254 g/mol. The van der Waals surface area contributed by atoms with Crippen molar-refractivity contribution >= 4 is 5.91 Å². The quantitative estimate of drug-likeness (QED) is 0.887. The Kier molecular flexibility index (Phi) is 4.98. The van der Waals surface area contributed by atoms with E-state index in [2.05, 4.69) is 11.9 Å². The lowest BCUT2D eigenvalue weighted by atomic mass is 10.1. The lowest BCUT2D eigenvalue weighted by molar-refractivity contribution is -0.134. The second-order valence-electron chi connectivity index (χ2n) is 5.30. The zero-order valence-electron chi connectivity index (χ0n) is 12.2. The summed E-state index contributed by atoms with van der Waals surface area (Å²) in [6.45, 7) is 5.36. The van der Waals surface area contributed by atoms with Gasteiger partial charge < -0.3 is 20.3 Å². The van der Waals surface area contributed by atoms with Gasteiger partial charge in [-0.15, -0.1) is 0 Å². The third-order valence-electron chi connectivity index (χ3n) is 3.62. The number of nitrogens with zero attached hydrogens (tertiary/aromatic N) is 2. The summed E-state index contributed by atoms with van der Waals surface area (Å²) < 4.78 is 5.66. The van der Waals surface area contributed by atoms with Gasteiger partial charge in [0, 0.05) is 37.8 Å². The molecule has 0 aliphatic carbocycles. The van der Waals surface area contributed by atoms with Gasteiger partial charge in [0.2, 0.25) is 0 Å². The number of hydrogen-bond acceptors (Lipinski definition) is 4. The van der Waals surface area contributed by atoms with Crippen molar-refractivity contribution in [2.24, 2.45) is 5.73 Å². The minimum atomic E-state index is -0.107. The standard InChI is InChI=1S/C15H23N3O2/c1-12(16)13-5-3-4-6-14(13)20-11-15(19)18-9-7-17(2)8-10-18/h3-6,12H,7-11,16H2,1-2H3/t12-/m0/s1. The first-order valence-corrected chi connectivity index (χ1v) is 7.01. The third kappa shape index (κ3) is 3.71. The zero-order valence-corrected chi connectivity index (χ0v) is 12.2. The largest absolute Gasteiger partial charge is 0.483 e. The van der Waals surface area contributed by atoms with Crippen molar-refractivity contribution in [2.45, 2.75) is 13.0 Å². The van der Waals surface area contributed by atoms with Crippen molar-refractivity contribution in [2.75, 3.05) is 39.8 Å². The molecule has 0 unspecified atom stereocenters. The molecule has 1 aromatic carbocycles. The van der Waals surface area contributed by atoms with Crippen molar-refractivity contribution < 1.29 is 9.53 Å². The summed E-state index contributed by atoms with van der Waals surface area (Å²) in [6, 6.07) is 7.50. The van der Waals surface area contributed by atoms with Gasteiger partial charge in [-0.05, 0) is 20.0 Å². The first-order valence-electron chi connectivity index (χ1n) is 7.01. The van der Waals surface area contributed by atoms with Crippen LogP contribution in [0.15, 0.2) is 24.3 Å². The maximum Gasteiger partial charge on any atom is 0.260 e. The van der Waals surface area contributed by atoms with Crippen LogP contribution in [0.4, 0.5) is 0 Å². The number of rotatable bonds is 4. The van der Waals surface area contributed by atoms with Gasteiger partial charge >= 0.3 is 0 Å². The van der Waals surface area contributed by atoms with Gasteiger partial charge in [0.1, 0.15) is 5.75 Å². The van der Waals surface area contributed by atoms with E-state index >= 15 is 0 Å². The Balaban J connectivity index is 1.90. The normalized spacial score (nSPS) is 17.9. The highest BCUT2D eigenvalue weighted by molar-refractivity contribution is 5.78. The molecule has 1 atom stereocenters. The van der Waals surface area contributed by atoms with E-state index in [4.69, 9.17) is 10.5 Å². The number of ether oxygens (including phenoxy) is 1. The molecule has 1 fully saturated rings. The van der Waals surface area contributed by atoms with E-state index in [1.807, 2.05) is 36.1 Å². The molecule has 2 rings (SSSR count). The molecule has 1 saturated heterocycles. The molecule has 20 heavy (non-hydrogen) atoms. The smallest absolute Gasteiger partial charge is 0.260 e. The van der Waals surface area contributed by atoms with Gasteiger partial charge in [-0.3, -0.25) is 4.79 Å². The van der Waals surface area contributed by atoms with Crippen molar-refractivity contribution in [3.8, 4) is 5.75 Å². The highest BCUT2D eigenvalue weighted by Gasteiger charge is 2.19. The summed E-state index contributed by atoms with van der Waals surface area (Å²) in [5.74, 6) is 0.738. The Labute approximate surface area is 120 Å². The maximum atomic E-state index is 12.1. The first kappa shape index (κ1) is 14.8. The molecule has 0 bridgehead atoms. The van der Waals surface area contributed by atoms with Gasteiger partial charge in [-0.2, -0.15) is 0 Å². The van der Waals surface area contributed by atoms with Crippen molar-refractivity contribution in [1.82, 2.24) is 9.80 Å². The van der Waals surface area contributed by atoms with E-state index in [1.54, 1.807) is 0 Å². The Morgan fingerprint density at radius 2 is 1.95 bits per heavy atom. The number of carbonyl (C=O) groups excluding carboxylic acids is 1. The van der Waals surface area contributed by atoms with E-state index in [1.165, 1.54) is 0 Å². The van der Waals surface area contributed by atoms with Crippen molar-refractivity contribution in [3.05, 3.63) is 29.8 Å². The lowest BCUT2D eigenvalue weighted by Gasteiger charge is -2.32. The van der Waals surface area contributed by atoms with Gasteiger partial charge in [-0.1, -0.05) is 18.2 Å². The number of amides is 1. The molecule has 110 valence electrons. The van der Waals surface area contributed by atoms with E-state index in [0.717, 1.165) is 31.7 Å². The Morgan fingerprint density at radius 3 is 2.60 bits per heavy atom. The molecule has 5 nitrogen and oxygen atoms in total. The van der Waals surface area contributed by atoms with Gasteiger partial charge in [0.25, 0.3) is 5.91 Å². The lowest BCUT2D eigenvalue weighted by Crippen LogP contribution is -2.48. The SMILES string of the molecule is C[C@H](N)c1ccccc1OCC(=O)N1CCN(C)CC1. The summed E-state index contributed by atoms with van der Waals surface area (Å²) in [6.07, 6.45) is 0. The van der Waals surface area contributed by atoms with E-state index in [-0.39, 0.29) is 18.6 Å². The molecule has 1 heterocycles. The van der Waals surface area contributed by atoms with Gasteiger partial charge in [0.15, 0.2) is 6.61 Å². The highest BCUT2D eigenvalue weighted by Crippen LogP contribution is 2.23. The molecule has 1 aliphatic heterocycles. The molecule has 0 saturated carbocycles. The monoisotopic (exact) mass is 277 g/mol. The van der Waals surface area contributed by atoms with Crippen LogP contribution < -0.4 is 10.5 Å². The van der Waals surface area contributed by atoms with Crippen LogP contribution >= 0.6 is 0 Å². The fraction of sp³-hybridized carbons (Fsp3) is 0.533. The number of hydrogen-bond donors (Lipinski definition) is 1. The van der Waals surface area contributed by atoms with Crippen LogP contribution in [0.5, 0.6) is 5.75 Å². The van der Waals surface area contributed by atoms with Crippen LogP contribution in [0.3, 0.4) is 0 Å². The molecule has 0 spiro atoms. The number of carbonyl (C=O) groups is 1. The second-order valence-corrected chi connectivity index (χ2v) is 5.30. The van der Waals surface area contributed by atoms with E-state index in [0.29, 0.717) is 5.75 Å². The predicted molar refractivity (Wildman–Crippen MR) is 78.6 cm³/mol. The van der Waals surface area contributed by atoms with E-state index in [9.17, 15) is 4.79 Å². The Hall–Kier alpha value is -1.59. The molecule has 1 aliphatic rings. The molecule has 1 aromatic rings. The molecule has 0 radical (unpaired) electrons. The summed E-state index contributed by atoms with van der Waals surface area (Å²) in [5.41, 5.74) is 6.83. The minimum Gasteiger partial charge on any atom is -0.483 e.